The Morgan fingerprint density at radius 3 is 2.44 bits per heavy atom. The van der Waals surface area contributed by atoms with Crippen LogP contribution in [0.5, 0.6) is 17.2 Å². The van der Waals surface area contributed by atoms with E-state index in [4.69, 9.17) is 19.5 Å². The third-order valence-electron chi connectivity index (χ3n) is 4.30. The summed E-state index contributed by atoms with van der Waals surface area (Å²) in [5.74, 6) is 1.69. The Labute approximate surface area is 159 Å². The Kier molecular flexibility index (Phi) is 7.07. The van der Waals surface area contributed by atoms with Gasteiger partial charge in [-0.2, -0.15) is 5.26 Å². The minimum Gasteiger partial charge on any atom is -0.493 e. The van der Waals surface area contributed by atoms with Crippen LogP contribution in [0.1, 0.15) is 23.1 Å². The third kappa shape index (κ3) is 4.91. The summed E-state index contributed by atoms with van der Waals surface area (Å²) in [7, 11) is 6.44. The molecule has 0 saturated heterocycles. The number of amides is 1. The molecule has 2 aromatic rings. The Morgan fingerprint density at radius 2 is 1.81 bits per heavy atom. The summed E-state index contributed by atoms with van der Waals surface area (Å²) in [5.41, 5.74) is 2.39. The topological polar surface area (TPSA) is 71.8 Å². The second-order valence-corrected chi connectivity index (χ2v) is 6.06. The van der Waals surface area contributed by atoms with Crippen LogP contribution in [-0.2, 0) is 17.8 Å². The molecule has 1 amide bonds. The van der Waals surface area contributed by atoms with Crippen molar-refractivity contribution in [2.45, 2.75) is 19.4 Å². The van der Waals surface area contributed by atoms with Crippen LogP contribution in [0.15, 0.2) is 36.4 Å². The first-order valence-corrected chi connectivity index (χ1v) is 8.54. The average molecular weight is 368 g/mol. The molecule has 0 fully saturated rings. The maximum absolute atomic E-state index is 12.5. The number of aryl methyl sites for hydroxylation is 1. The molecule has 0 bridgehead atoms. The first-order chi connectivity index (χ1) is 13.0. The molecular weight excluding hydrogens is 344 g/mol. The molecule has 0 N–H and O–H groups in total. The molecule has 0 unspecified atom stereocenters. The van der Waals surface area contributed by atoms with Crippen LogP contribution < -0.4 is 14.2 Å². The van der Waals surface area contributed by atoms with Gasteiger partial charge in [0.05, 0.1) is 33.0 Å². The highest BCUT2D eigenvalue weighted by Gasteiger charge is 2.17. The predicted octanol–water partition coefficient (Wildman–Crippen LogP) is 3.18. The predicted molar refractivity (Wildman–Crippen MR) is 102 cm³/mol. The van der Waals surface area contributed by atoms with E-state index in [0.717, 1.165) is 11.1 Å². The van der Waals surface area contributed by atoms with Gasteiger partial charge in [0, 0.05) is 20.0 Å². The lowest BCUT2D eigenvalue weighted by Gasteiger charge is -2.19. The molecule has 0 heterocycles. The molecule has 0 aliphatic rings. The van der Waals surface area contributed by atoms with Crippen LogP contribution in [0.25, 0.3) is 0 Å². The van der Waals surface area contributed by atoms with Gasteiger partial charge in [-0.3, -0.25) is 4.79 Å². The van der Waals surface area contributed by atoms with E-state index in [1.165, 1.54) is 0 Å². The van der Waals surface area contributed by atoms with Crippen molar-refractivity contribution in [1.82, 2.24) is 4.90 Å². The van der Waals surface area contributed by atoms with Crippen molar-refractivity contribution in [3.05, 3.63) is 53.1 Å². The lowest BCUT2D eigenvalue weighted by atomic mass is 10.1. The SMILES string of the molecule is COc1ccc(CCC(=O)N(C)Cc2cccc(C#N)c2)c(OC)c1OC. The lowest BCUT2D eigenvalue weighted by molar-refractivity contribution is -0.130. The van der Waals surface area contributed by atoms with Crippen molar-refractivity contribution < 1.29 is 19.0 Å². The molecule has 6 heteroatoms. The first kappa shape index (κ1) is 20.1. The smallest absolute Gasteiger partial charge is 0.222 e. The second kappa shape index (κ2) is 9.48. The van der Waals surface area contributed by atoms with Gasteiger partial charge in [0.1, 0.15) is 0 Å². The van der Waals surface area contributed by atoms with E-state index in [-0.39, 0.29) is 5.91 Å². The molecule has 0 atom stereocenters. The summed E-state index contributed by atoms with van der Waals surface area (Å²) in [4.78, 5) is 14.2. The highest BCUT2D eigenvalue weighted by atomic mass is 16.5. The van der Waals surface area contributed by atoms with Crippen LogP contribution in [0.4, 0.5) is 0 Å². The fraction of sp³-hybridized carbons (Fsp3) is 0.333. The van der Waals surface area contributed by atoms with Gasteiger partial charge in [0.2, 0.25) is 11.7 Å². The molecule has 0 saturated carbocycles. The number of hydrogen-bond acceptors (Lipinski definition) is 5. The van der Waals surface area contributed by atoms with E-state index >= 15 is 0 Å². The van der Waals surface area contributed by atoms with Crippen LogP contribution >= 0.6 is 0 Å². The number of hydrogen-bond donors (Lipinski definition) is 0. The number of methoxy groups -OCH3 is 3. The van der Waals surface area contributed by atoms with Gasteiger partial charge in [-0.15, -0.1) is 0 Å². The van der Waals surface area contributed by atoms with Gasteiger partial charge in [0.15, 0.2) is 11.5 Å². The van der Waals surface area contributed by atoms with Gasteiger partial charge in [-0.1, -0.05) is 18.2 Å². The minimum atomic E-state index is 0.00852. The Balaban J connectivity index is 2.05. The summed E-state index contributed by atoms with van der Waals surface area (Å²) in [6.45, 7) is 0.456. The number of carbonyl (C=O) groups is 1. The van der Waals surface area contributed by atoms with Crippen molar-refractivity contribution in [3.63, 3.8) is 0 Å². The molecule has 0 aromatic heterocycles. The molecule has 6 nitrogen and oxygen atoms in total. The quantitative estimate of drug-likeness (QED) is 0.716. The van der Waals surface area contributed by atoms with E-state index in [1.54, 1.807) is 51.5 Å². The highest BCUT2D eigenvalue weighted by Crippen LogP contribution is 2.40. The molecule has 2 aromatic carbocycles. The van der Waals surface area contributed by atoms with Gasteiger partial charge in [-0.25, -0.2) is 0 Å². The van der Waals surface area contributed by atoms with Gasteiger partial charge < -0.3 is 19.1 Å². The molecule has 0 radical (unpaired) electrons. The van der Waals surface area contributed by atoms with E-state index in [2.05, 4.69) is 6.07 Å². The number of nitrogens with zero attached hydrogens (tertiary/aromatic N) is 2. The maximum Gasteiger partial charge on any atom is 0.222 e. The van der Waals surface area contributed by atoms with Crippen molar-refractivity contribution in [2.75, 3.05) is 28.4 Å². The molecular formula is C21H24N2O4. The van der Waals surface area contributed by atoms with E-state index in [0.29, 0.717) is 42.2 Å². The van der Waals surface area contributed by atoms with E-state index in [9.17, 15) is 4.79 Å². The second-order valence-electron chi connectivity index (χ2n) is 6.06. The fourth-order valence-electron chi connectivity index (χ4n) is 2.89. The zero-order valence-electron chi connectivity index (χ0n) is 16.1. The summed E-state index contributed by atoms with van der Waals surface area (Å²) in [6.07, 6.45) is 0.852. The number of rotatable bonds is 8. The van der Waals surface area contributed by atoms with Crippen molar-refractivity contribution >= 4 is 5.91 Å². The van der Waals surface area contributed by atoms with Crippen LogP contribution in [-0.4, -0.2) is 39.2 Å². The van der Waals surface area contributed by atoms with Gasteiger partial charge in [-0.05, 0) is 35.7 Å². The maximum atomic E-state index is 12.5. The average Bonchev–Trinajstić information content (AvgIpc) is 2.70. The number of ether oxygens (including phenoxy) is 3. The monoisotopic (exact) mass is 368 g/mol. The van der Waals surface area contributed by atoms with E-state index in [1.807, 2.05) is 18.2 Å². The first-order valence-electron chi connectivity index (χ1n) is 8.54. The number of nitriles is 1. The molecule has 0 aliphatic carbocycles. The van der Waals surface area contributed by atoms with Gasteiger partial charge >= 0.3 is 0 Å². The van der Waals surface area contributed by atoms with Crippen molar-refractivity contribution in [1.29, 1.82) is 5.26 Å². The summed E-state index contributed by atoms with van der Waals surface area (Å²) < 4.78 is 16.1. The van der Waals surface area contributed by atoms with Gasteiger partial charge in [0.25, 0.3) is 0 Å². The van der Waals surface area contributed by atoms with Crippen LogP contribution in [0.3, 0.4) is 0 Å². The normalized spacial score (nSPS) is 10.0. The van der Waals surface area contributed by atoms with E-state index < -0.39 is 0 Å². The zero-order valence-corrected chi connectivity index (χ0v) is 16.1. The summed E-state index contributed by atoms with van der Waals surface area (Å²) >= 11 is 0. The largest absolute Gasteiger partial charge is 0.493 e. The molecule has 27 heavy (non-hydrogen) atoms. The lowest BCUT2D eigenvalue weighted by Crippen LogP contribution is -2.26. The summed E-state index contributed by atoms with van der Waals surface area (Å²) in [5, 5.41) is 8.98. The Hall–Kier alpha value is -3.20. The number of carbonyl (C=O) groups excluding carboxylic acids is 1. The van der Waals surface area contributed by atoms with Crippen molar-refractivity contribution in [3.8, 4) is 23.3 Å². The molecule has 2 rings (SSSR count). The standard InChI is InChI=1S/C21H24N2O4/c1-23(14-16-7-5-6-15(12-16)13-22)19(24)11-9-17-8-10-18(25-2)21(27-4)20(17)26-3/h5-8,10,12H,9,11,14H2,1-4H3. The zero-order chi connectivity index (χ0) is 19.8. The third-order valence-corrected chi connectivity index (χ3v) is 4.30. The van der Waals surface area contributed by atoms with Crippen LogP contribution in [0.2, 0.25) is 0 Å². The summed E-state index contributed by atoms with van der Waals surface area (Å²) in [6, 6.07) is 13.1. The fourth-order valence-corrected chi connectivity index (χ4v) is 2.89. The van der Waals surface area contributed by atoms with Crippen molar-refractivity contribution in [2.24, 2.45) is 0 Å². The van der Waals surface area contributed by atoms with Crippen LogP contribution in [0, 0.1) is 11.3 Å². The number of benzene rings is 2. The Morgan fingerprint density at radius 1 is 1.07 bits per heavy atom. The molecule has 0 spiro atoms. The molecule has 142 valence electrons. The minimum absolute atomic E-state index is 0.00852. The Bertz CT molecular complexity index is 843. The highest BCUT2D eigenvalue weighted by molar-refractivity contribution is 5.76. The molecule has 0 aliphatic heterocycles.